The summed E-state index contributed by atoms with van der Waals surface area (Å²) in [7, 11) is 1.67. The summed E-state index contributed by atoms with van der Waals surface area (Å²) in [4.78, 5) is 4.63. The summed E-state index contributed by atoms with van der Waals surface area (Å²) in [6, 6.07) is 16.7. The van der Waals surface area contributed by atoms with Gasteiger partial charge in [-0.05, 0) is 60.9 Å². The predicted molar refractivity (Wildman–Crippen MR) is 122 cm³/mol. The van der Waals surface area contributed by atoms with E-state index in [9.17, 15) is 4.39 Å². The number of rotatable bonds is 6. The van der Waals surface area contributed by atoms with Crippen molar-refractivity contribution < 1.29 is 9.13 Å². The van der Waals surface area contributed by atoms with Crippen molar-refractivity contribution in [1.29, 1.82) is 0 Å². The van der Waals surface area contributed by atoms with E-state index in [1.807, 2.05) is 24.4 Å². The molecule has 0 atom stereocenters. The zero-order valence-electron chi connectivity index (χ0n) is 17.3. The van der Waals surface area contributed by atoms with E-state index in [2.05, 4.69) is 40.8 Å². The molecule has 156 valence electrons. The topological polar surface area (TPSA) is 39.1 Å². The summed E-state index contributed by atoms with van der Waals surface area (Å²) in [5, 5.41) is 3.51. The fraction of sp³-hybridized carbons (Fsp3) is 0.208. The second-order valence-electron chi connectivity index (χ2n) is 7.18. The SMILES string of the molecule is COc1ccc(Cn2c(C)c(C)c3nccc(NCc4ccc(F)cc4)c32)cc1.Cl. The van der Waals surface area contributed by atoms with E-state index in [0.29, 0.717) is 6.54 Å². The van der Waals surface area contributed by atoms with Crippen molar-refractivity contribution in [3.05, 3.63) is 89.0 Å². The maximum atomic E-state index is 13.2. The van der Waals surface area contributed by atoms with Crippen LogP contribution in [0.1, 0.15) is 22.4 Å². The van der Waals surface area contributed by atoms with Crippen LogP contribution in [0.15, 0.2) is 60.8 Å². The Kier molecular flexibility index (Phi) is 6.63. The predicted octanol–water partition coefficient (Wildman–Crippen LogP) is 5.88. The lowest BCUT2D eigenvalue weighted by atomic mass is 10.2. The van der Waals surface area contributed by atoms with Gasteiger partial charge in [0.2, 0.25) is 0 Å². The molecule has 6 heteroatoms. The number of benzene rings is 2. The molecule has 2 heterocycles. The zero-order chi connectivity index (χ0) is 20.4. The second-order valence-corrected chi connectivity index (χ2v) is 7.18. The molecule has 0 radical (unpaired) electrons. The summed E-state index contributed by atoms with van der Waals surface area (Å²) in [6.07, 6.45) is 1.83. The molecule has 0 amide bonds. The number of aryl methyl sites for hydroxylation is 1. The van der Waals surface area contributed by atoms with Crippen LogP contribution < -0.4 is 10.1 Å². The molecule has 4 aromatic rings. The van der Waals surface area contributed by atoms with Gasteiger partial charge in [0.25, 0.3) is 0 Å². The van der Waals surface area contributed by atoms with Crippen LogP contribution in [0.4, 0.5) is 10.1 Å². The molecule has 1 N–H and O–H groups in total. The third kappa shape index (κ3) is 4.26. The molecular weight excluding hydrogens is 401 g/mol. The minimum Gasteiger partial charge on any atom is -0.497 e. The first kappa shape index (κ1) is 21.7. The van der Waals surface area contributed by atoms with Crippen LogP contribution in [0.3, 0.4) is 0 Å². The summed E-state index contributed by atoms with van der Waals surface area (Å²) in [5.74, 6) is 0.627. The monoisotopic (exact) mass is 425 g/mol. The first-order chi connectivity index (χ1) is 14.1. The number of ether oxygens (including phenoxy) is 1. The highest BCUT2D eigenvalue weighted by molar-refractivity contribution is 5.92. The van der Waals surface area contributed by atoms with Crippen LogP contribution in [-0.2, 0) is 13.1 Å². The molecule has 0 fully saturated rings. The molecule has 0 saturated carbocycles. The molecular formula is C24H25ClFN3O. The summed E-state index contributed by atoms with van der Waals surface area (Å²) >= 11 is 0. The van der Waals surface area contributed by atoms with E-state index in [1.165, 1.54) is 29.0 Å². The quantitative estimate of drug-likeness (QED) is 0.419. The Hall–Kier alpha value is -3.05. The Morgan fingerprint density at radius 2 is 1.63 bits per heavy atom. The van der Waals surface area contributed by atoms with Crippen LogP contribution in [0.5, 0.6) is 5.75 Å². The first-order valence-corrected chi connectivity index (χ1v) is 9.62. The Bertz CT molecular complexity index is 1140. The minimum absolute atomic E-state index is 0. The number of anilines is 1. The number of pyridine rings is 1. The van der Waals surface area contributed by atoms with E-state index in [4.69, 9.17) is 4.74 Å². The van der Waals surface area contributed by atoms with E-state index in [0.717, 1.165) is 34.6 Å². The molecule has 2 aromatic carbocycles. The average molecular weight is 426 g/mol. The normalized spacial score (nSPS) is 10.7. The number of fused-ring (bicyclic) bond motifs is 1. The molecule has 30 heavy (non-hydrogen) atoms. The largest absolute Gasteiger partial charge is 0.497 e. The molecule has 0 spiro atoms. The molecule has 4 nitrogen and oxygen atoms in total. The van der Waals surface area contributed by atoms with Crippen molar-refractivity contribution >= 4 is 29.1 Å². The van der Waals surface area contributed by atoms with Crippen LogP contribution in [0.2, 0.25) is 0 Å². The van der Waals surface area contributed by atoms with E-state index >= 15 is 0 Å². The first-order valence-electron chi connectivity index (χ1n) is 9.62. The van der Waals surface area contributed by atoms with Crippen molar-refractivity contribution in [2.75, 3.05) is 12.4 Å². The highest BCUT2D eigenvalue weighted by atomic mass is 35.5. The van der Waals surface area contributed by atoms with Gasteiger partial charge in [-0.2, -0.15) is 0 Å². The van der Waals surface area contributed by atoms with E-state index in [1.54, 1.807) is 19.2 Å². The van der Waals surface area contributed by atoms with E-state index in [-0.39, 0.29) is 18.2 Å². The van der Waals surface area contributed by atoms with Crippen molar-refractivity contribution in [3.8, 4) is 5.75 Å². The Labute approximate surface area is 182 Å². The van der Waals surface area contributed by atoms with Crippen molar-refractivity contribution in [1.82, 2.24) is 9.55 Å². The van der Waals surface area contributed by atoms with Crippen LogP contribution >= 0.6 is 12.4 Å². The molecule has 0 saturated heterocycles. The molecule has 0 aliphatic rings. The standard InChI is InChI=1S/C24H24FN3O.ClH/c1-16-17(2)28(15-19-6-10-21(29-3)11-7-19)24-22(12-13-26-23(16)24)27-14-18-4-8-20(25)9-5-18;/h4-13H,14-15H2,1-3H3,(H,26,27);1H. The third-order valence-corrected chi connectivity index (χ3v) is 5.39. The Balaban J connectivity index is 0.00000256. The van der Waals surface area contributed by atoms with Gasteiger partial charge in [-0.25, -0.2) is 4.39 Å². The van der Waals surface area contributed by atoms with Crippen LogP contribution in [-0.4, -0.2) is 16.7 Å². The number of aromatic nitrogens is 2. The van der Waals surface area contributed by atoms with Crippen molar-refractivity contribution in [2.24, 2.45) is 0 Å². The van der Waals surface area contributed by atoms with Crippen molar-refractivity contribution in [3.63, 3.8) is 0 Å². The van der Waals surface area contributed by atoms with Crippen LogP contribution in [0.25, 0.3) is 11.0 Å². The molecule has 0 aliphatic carbocycles. The van der Waals surface area contributed by atoms with Gasteiger partial charge in [-0.15, -0.1) is 12.4 Å². The Morgan fingerprint density at radius 3 is 2.30 bits per heavy atom. The highest BCUT2D eigenvalue weighted by Gasteiger charge is 2.16. The van der Waals surface area contributed by atoms with Gasteiger partial charge in [0, 0.05) is 25.0 Å². The van der Waals surface area contributed by atoms with Gasteiger partial charge < -0.3 is 14.6 Å². The van der Waals surface area contributed by atoms with Gasteiger partial charge >= 0.3 is 0 Å². The maximum absolute atomic E-state index is 13.2. The minimum atomic E-state index is -0.223. The van der Waals surface area contributed by atoms with Gasteiger partial charge in [-0.3, -0.25) is 4.98 Å². The van der Waals surface area contributed by atoms with Gasteiger partial charge in [0.05, 0.1) is 23.8 Å². The number of hydrogen-bond acceptors (Lipinski definition) is 3. The van der Waals surface area contributed by atoms with Gasteiger partial charge in [-0.1, -0.05) is 24.3 Å². The Morgan fingerprint density at radius 1 is 0.967 bits per heavy atom. The second kappa shape index (κ2) is 9.18. The molecule has 4 rings (SSSR count). The number of hydrogen-bond donors (Lipinski definition) is 1. The molecule has 2 aromatic heterocycles. The van der Waals surface area contributed by atoms with Gasteiger partial charge in [0.15, 0.2) is 0 Å². The third-order valence-electron chi connectivity index (χ3n) is 5.39. The molecule has 0 bridgehead atoms. The van der Waals surface area contributed by atoms with Crippen LogP contribution in [0, 0.1) is 19.7 Å². The maximum Gasteiger partial charge on any atom is 0.123 e. The van der Waals surface area contributed by atoms with Gasteiger partial charge in [0.1, 0.15) is 11.6 Å². The lowest BCUT2D eigenvalue weighted by Crippen LogP contribution is -2.06. The average Bonchev–Trinajstić information content (AvgIpc) is 2.99. The smallest absolute Gasteiger partial charge is 0.123 e. The zero-order valence-corrected chi connectivity index (χ0v) is 18.1. The number of nitrogens with zero attached hydrogens (tertiary/aromatic N) is 2. The van der Waals surface area contributed by atoms with Crippen molar-refractivity contribution in [2.45, 2.75) is 26.9 Å². The lowest BCUT2D eigenvalue weighted by molar-refractivity contribution is 0.414. The fourth-order valence-electron chi connectivity index (χ4n) is 3.60. The number of nitrogens with one attached hydrogen (secondary N) is 1. The summed E-state index contributed by atoms with van der Waals surface area (Å²) in [6.45, 7) is 5.60. The highest BCUT2D eigenvalue weighted by Crippen LogP contribution is 2.30. The summed E-state index contributed by atoms with van der Waals surface area (Å²) < 4.78 is 20.7. The number of methoxy groups -OCH3 is 1. The molecule has 0 aliphatic heterocycles. The summed E-state index contributed by atoms with van der Waals surface area (Å²) in [5.41, 5.74) is 7.69. The lowest BCUT2D eigenvalue weighted by Gasteiger charge is -2.13. The molecule has 0 unspecified atom stereocenters. The van der Waals surface area contributed by atoms with E-state index < -0.39 is 0 Å². The fourth-order valence-corrected chi connectivity index (χ4v) is 3.60. The number of halogens is 2.